The highest BCUT2D eigenvalue weighted by Crippen LogP contribution is 2.34. The van der Waals surface area contributed by atoms with Crippen LogP contribution in [0, 0.1) is 5.92 Å². The lowest BCUT2D eigenvalue weighted by atomic mass is 9.83. The lowest BCUT2D eigenvalue weighted by Crippen LogP contribution is -2.43. The van der Waals surface area contributed by atoms with Gasteiger partial charge in [0.15, 0.2) is 0 Å². The van der Waals surface area contributed by atoms with Crippen LogP contribution in [0.5, 0.6) is 5.75 Å². The van der Waals surface area contributed by atoms with Crippen LogP contribution in [0.1, 0.15) is 36.9 Å². The van der Waals surface area contributed by atoms with Gasteiger partial charge in [0, 0.05) is 25.9 Å². The summed E-state index contributed by atoms with van der Waals surface area (Å²) in [6.45, 7) is 3.50. The molecule has 6 rings (SSSR count). The number of halogens is 1. The highest BCUT2D eigenvalue weighted by atomic mass is 19.1. The zero-order valence-electron chi connectivity index (χ0n) is 17.7. The first kappa shape index (κ1) is 20.2. The number of amides is 1. The highest BCUT2D eigenvalue weighted by Gasteiger charge is 2.32. The van der Waals surface area contributed by atoms with Crippen molar-refractivity contribution < 1.29 is 13.9 Å². The van der Waals surface area contributed by atoms with Gasteiger partial charge in [-0.1, -0.05) is 30.3 Å². The summed E-state index contributed by atoms with van der Waals surface area (Å²) in [6.07, 6.45) is 4.07. The monoisotopic (exact) mass is 421 g/mol. The van der Waals surface area contributed by atoms with Gasteiger partial charge in [0.25, 0.3) is 0 Å². The smallest absolute Gasteiger partial charge is 0.228 e. The molecule has 31 heavy (non-hydrogen) atoms. The molecule has 1 amide bonds. The van der Waals surface area contributed by atoms with E-state index in [2.05, 4.69) is 4.90 Å². The normalized spacial score (nSPS) is 24.5. The Hall–Kier alpha value is -2.73. The van der Waals surface area contributed by atoms with Gasteiger partial charge < -0.3 is 4.74 Å². The number of carbonyl (C=O) groups is 1. The fourth-order valence-corrected chi connectivity index (χ4v) is 4.92. The molecule has 0 spiro atoms. The zero-order chi connectivity index (χ0) is 21.2. The Kier molecular flexibility index (Phi) is 5.72. The second kappa shape index (κ2) is 8.79. The maximum atomic E-state index is 15.0. The minimum absolute atomic E-state index is 0.0644. The van der Waals surface area contributed by atoms with Gasteiger partial charge in [-0.15, -0.1) is 0 Å². The molecule has 0 radical (unpaired) electrons. The van der Waals surface area contributed by atoms with Crippen molar-refractivity contribution >= 4 is 11.7 Å². The second-order valence-electron chi connectivity index (χ2n) is 8.69. The first-order valence-electron chi connectivity index (χ1n) is 11.2. The number of fused-ring (bicyclic) bond motifs is 3. The number of aromatic nitrogens is 1. The number of piperidine rings is 3. The predicted octanol–water partition coefficient (Wildman–Crippen LogP) is 4.13. The van der Waals surface area contributed by atoms with Gasteiger partial charge in [0.1, 0.15) is 24.0 Å². The largest absolute Gasteiger partial charge is 0.485 e. The Balaban J connectivity index is 1.38. The zero-order valence-corrected chi connectivity index (χ0v) is 17.7. The van der Waals surface area contributed by atoms with Crippen molar-refractivity contribution in [3.63, 3.8) is 0 Å². The summed E-state index contributed by atoms with van der Waals surface area (Å²) in [5.41, 5.74) is 2.74. The van der Waals surface area contributed by atoms with E-state index in [-0.39, 0.29) is 18.3 Å². The van der Waals surface area contributed by atoms with Crippen LogP contribution in [0.25, 0.3) is 0 Å². The number of hydrogen-bond donors (Lipinski definition) is 0. The minimum atomic E-state index is -0.140. The maximum absolute atomic E-state index is 15.0. The van der Waals surface area contributed by atoms with Gasteiger partial charge in [-0.3, -0.25) is 14.6 Å². The Labute approximate surface area is 182 Å². The summed E-state index contributed by atoms with van der Waals surface area (Å²) >= 11 is 0. The van der Waals surface area contributed by atoms with Gasteiger partial charge in [0.2, 0.25) is 5.91 Å². The molecule has 0 atom stereocenters. The summed E-state index contributed by atoms with van der Waals surface area (Å²) in [4.78, 5) is 21.0. The van der Waals surface area contributed by atoms with Crippen LogP contribution in [0.15, 0.2) is 53.9 Å². The summed E-state index contributed by atoms with van der Waals surface area (Å²) in [7, 11) is 0. The van der Waals surface area contributed by atoms with E-state index < -0.39 is 0 Å². The molecule has 0 N–H and O–H groups in total. The molecule has 2 aromatic rings. The molecular formula is C25H28FN3O2. The van der Waals surface area contributed by atoms with Crippen LogP contribution in [0.3, 0.4) is 0 Å². The van der Waals surface area contributed by atoms with Gasteiger partial charge >= 0.3 is 0 Å². The van der Waals surface area contributed by atoms with E-state index in [9.17, 15) is 4.79 Å². The fourth-order valence-electron chi connectivity index (χ4n) is 4.92. The van der Waals surface area contributed by atoms with E-state index >= 15 is 4.39 Å². The topological polar surface area (TPSA) is 45.7 Å². The molecule has 4 aliphatic heterocycles. The molecule has 4 fully saturated rings. The SMILES string of the molecule is O=C1CCCN1c1ccc(OC/C(F)=C2/CN3CCC2CC3)c(Cc2ccccc2)n1. The summed E-state index contributed by atoms with van der Waals surface area (Å²) in [6, 6.07) is 13.7. The van der Waals surface area contributed by atoms with Crippen molar-refractivity contribution in [3.8, 4) is 5.75 Å². The molecule has 4 aliphatic rings. The molecular weight excluding hydrogens is 393 g/mol. The Morgan fingerprint density at radius 1 is 1.10 bits per heavy atom. The van der Waals surface area contributed by atoms with Gasteiger partial charge in [-0.25, -0.2) is 9.37 Å². The van der Waals surface area contributed by atoms with Gasteiger partial charge in [-0.05, 0) is 61.5 Å². The molecule has 0 unspecified atom stereocenters. The Bertz CT molecular complexity index is 984. The molecule has 0 aliphatic carbocycles. The van der Waals surface area contributed by atoms with Gasteiger partial charge in [-0.2, -0.15) is 0 Å². The van der Waals surface area contributed by atoms with E-state index in [0.29, 0.717) is 36.9 Å². The number of ether oxygens (including phenoxy) is 1. The molecule has 2 bridgehead atoms. The van der Waals surface area contributed by atoms with Crippen LogP contribution in [0.2, 0.25) is 0 Å². The van der Waals surface area contributed by atoms with Gasteiger partial charge in [0.05, 0.1) is 5.69 Å². The van der Waals surface area contributed by atoms with Crippen molar-refractivity contribution in [2.75, 3.05) is 37.7 Å². The van der Waals surface area contributed by atoms with Crippen molar-refractivity contribution in [2.24, 2.45) is 5.92 Å². The molecule has 162 valence electrons. The molecule has 5 heterocycles. The van der Waals surface area contributed by atoms with Crippen LogP contribution in [0.4, 0.5) is 10.2 Å². The standard InChI is InChI=1S/C25H28FN3O2/c26-21(20-16-28-13-10-19(20)11-14-28)17-31-23-8-9-24(29-12-4-7-25(29)30)27-22(23)15-18-5-2-1-3-6-18/h1-3,5-6,8-9,19H,4,7,10-17H2/b21-20+. The Morgan fingerprint density at radius 3 is 2.58 bits per heavy atom. The first-order chi connectivity index (χ1) is 15.2. The molecule has 6 heteroatoms. The van der Waals surface area contributed by atoms with E-state index in [1.165, 1.54) is 0 Å². The van der Waals surface area contributed by atoms with Crippen molar-refractivity contribution in [2.45, 2.75) is 32.1 Å². The number of anilines is 1. The summed E-state index contributed by atoms with van der Waals surface area (Å²) < 4.78 is 21.0. The first-order valence-corrected chi connectivity index (χ1v) is 11.2. The van der Waals surface area contributed by atoms with Crippen molar-refractivity contribution in [1.82, 2.24) is 9.88 Å². The highest BCUT2D eigenvalue weighted by molar-refractivity contribution is 5.94. The molecule has 4 saturated heterocycles. The number of benzene rings is 1. The predicted molar refractivity (Wildman–Crippen MR) is 118 cm³/mol. The summed E-state index contributed by atoms with van der Waals surface area (Å²) in [5, 5.41) is 0. The second-order valence-corrected chi connectivity index (χ2v) is 8.69. The third kappa shape index (κ3) is 4.35. The number of pyridine rings is 1. The minimum Gasteiger partial charge on any atom is -0.485 e. The number of rotatable bonds is 6. The quantitative estimate of drug-likeness (QED) is 0.704. The number of hydrogen-bond acceptors (Lipinski definition) is 4. The lowest BCUT2D eigenvalue weighted by Gasteiger charge is -2.41. The van der Waals surface area contributed by atoms with Crippen LogP contribution < -0.4 is 9.64 Å². The average molecular weight is 422 g/mol. The van der Waals surface area contributed by atoms with Crippen LogP contribution in [-0.2, 0) is 11.2 Å². The summed E-state index contributed by atoms with van der Waals surface area (Å²) in [5.74, 6) is 1.55. The van der Waals surface area contributed by atoms with E-state index in [1.807, 2.05) is 42.5 Å². The molecule has 1 aromatic heterocycles. The van der Waals surface area contributed by atoms with Crippen LogP contribution in [-0.4, -0.2) is 48.6 Å². The Morgan fingerprint density at radius 2 is 1.90 bits per heavy atom. The van der Waals surface area contributed by atoms with Crippen molar-refractivity contribution in [1.29, 1.82) is 0 Å². The maximum Gasteiger partial charge on any atom is 0.228 e. The molecule has 1 aromatic carbocycles. The van der Waals surface area contributed by atoms with E-state index in [4.69, 9.17) is 9.72 Å². The fraction of sp³-hybridized carbons (Fsp3) is 0.440. The van der Waals surface area contributed by atoms with E-state index in [0.717, 1.165) is 55.7 Å². The van der Waals surface area contributed by atoms with E-state index in [1.54, 1.807) is 4.90 Å². The van der Waals surface area contributed by atoms with Crippen LogP contribution >= 0.6 is 0 Å². The number of nitrogens with zero attached hydrogens (tertiary/aromatic N) is 3. The number of carbonyl (C=O) groups excluding carboxylic acids is 1. The van der Waals surface area contributed by atoms with Crippen molar-refractivity contribution in [3.05, 3.63) is 65.1 Å². The lowest BCUT2D eigenvalue weighted by molar-refractivity contribution is -0.117. The molecule has 0 saturated carbocycles. The average Bonchev–Trinajstić information content (AvgIpc) is 3.25. The molecule has 5 nitrogen and oxygen atoms in total. The third-order valence-corrected chi connectivity index (χ3v) is 6.66. The third-order valence-electron chi connectivity index (χ3n) is 6.66.